The molecule has 2 saturated heterocycles. The maximum atomic E-state index is 11.6. The number of piperidine rings is 2. The summed E-state index contributed by atoms with van der Waals surface area (Å²) in [4.78, 5) is 20.9. The Morgan fingerprint density at radius 2 is 1.96 bits per heavy atom. The average molecular weight is 324 g/mol. The zero-order valence-corrected chi connectivity index (χ0v) is 14.9. The number of aliphatic imine (C=N–C) groups is 1. The van der Waals surface area contributed by atoms with Gasteiger partial charge in [-0.15, -0.1) is 0 Å². The molecule has 2 heterocycles. The Hall–Kier alpha value is -1.30. The number of carbonyl (C=O) groups excluding carboxylic acids is 1. The third-order valence-electron chi connectivity index (χ3n) is 5.19. The van der Waals surface area contributed by atoms with Gasteiger partial charge in [0.15, 0.2) is 5.96 Å². The first kappa shape index (κ1) is 18.0. The van der Waals surface area contributed by atoms with Gasteiger partial charge in [0, 0.05) is 32.7 Å². The van der Waals surface area contributed by atoms with E-state index in [2.05, 4.69) is 27.0 Å². The molecule has 0 aliphatic carbocycles. The van der Waals surface area contributed by atoms with Gasteiger partial charge in [0.1, 0.15) is 0 Å². The van der Waals surface area contributed by atoms with Crippen LogP contribution >= 0.6 is 0 Å². The molecule has 23 heavy (non-hydrogen) atoms. The predicted molar refractivity (Wildman–Crippen MR) is 92.6 cm³/mol. The first-order valence-corrected chi connectivity index (χ1v) is 8.97. The Morgan fingerprint density at radius 3 is 2.57 bits per heavy atom. The van der Waals surface area contributed by atoms with Crippen molar-refractivity contribution in [2.45, 2.75) is 45.1 Å². The normalized spacial score (nSPS) is 24.6. The largest absolute Gasteiger partial charge is 0.469 e. The lowest BCUT2D eigenvalue weighted by Crippen LogP contribution is -2.51. The van der Waals surface area contributed by atoms with Crippen molar-refractivity contribution in [2.24, 2.45) is 10.9 Å². The van der Waals surface area contributed by atoms with E-state index in [1.807, 2.05) is 7.05 Å². The molecule has 2 aliphatic heterocycles. The SMILES string of the molecule is CCN1CCCCC1CNC(=NC)N1CCC(C(=O)OC)CC1. The summed E-state index contributed by atoms with van der Waals surface area (Å²) in [5.41, 5.74) is 0. The number of carbonyl (C=O) groups is 1. The van der Waals surface area contributed by atoms with Crippen LogP contribution in [0.3, 0.4) is 0 Å². The smallest absolute Gasteiger partial charge is 0.308 e. The van der Waals surface area contributed by atoms with Crippen LogP contribution in [0.4, 0.5) is 0 Å². The fourth-order valence-electron chi connectivity index (χ4n) is 3.74. The van der Waals surface area contributed by atoms with Crippen molar-refractivity contribution in [3.8, 4) is 0 Å². The van der Waals surface area contributed by atoms with Crippen LogP contribution in [0.5, 0.6) is 0 Å². The molecule has 0 amide bonds. The molecule has 6 heteroatoms. The summed E-state index contributed by atoms with van der Waals surface area (Å²) in [6.07, 6.45) is 5.60. The standard InChI is InChI=1S/C17H32N4O2/c1-4-20-10-6-5-7-15(20)13-19-17(18-2)21-11-8-14(9-12-21)16(22)23-3/h14-15H,4-13H2,1-3H3,(H,18,19). The topological polar surface area (TPSA) is 57.2 Å². The van der Waals surface area contributed by atoms with Crippen LogP contribution < -0.4 is 5.32 Å². The van der Waals surface area contributed by atoms with E-state index in [9.17, 15) is 4.79 Å². The van der Waals surface area contributed by atoms with E-state index in [1.165, 1.54) is 32.9 Å². The van der Waals surface area contributed by atoms with Gasteiger partial charge in [-0.2, -0.15) is 0 Å². The molecule has 0 aromatic carbocycles. The van der Waals surface area contributed by atoms with Crippen LogP contribution in [0.1, 0.15) is 39.0 Å². The summed E-state index contributed by atoms with van der Waals surface area (Å²) < 4.78 is 4.85. The Labute approximate surface area is 140 Å². The number of rotatable bonds is 4. The number of hydrogen-bond acceptors (Lipinski definition) is 4. The van der Waals surface area contributed by atoms with Gasteiger partial charge >= 0.3 is 5.97 Å². The van der Waals surface area contributed by atoms with Gasteiger partial charge in [0.05, 0.1) is 13.0 Å². The number of nitrogens with zero attached hydrogens (tertiary/aromatic N) is 3. The van der Waals surface area contributed by atoms with Gasteiger partial charge in [0.2, 0.25) is 0 Å². The van der Waals surface area contributed by atoms with Crippen molar-refractivity contribution in [3.05, 3.63) is 0 Å². The molecule has 2 fully saturated rings. The molecule has 0 bridgehead atoms. The van der Waals surface area contributed by atoms with E-state index in [4.69, 9.17) is 4.74 Å². The molecule has 0 radical (unpaired) electrons. The van der Waals surface area contributed by atoms with E-state index in [0.29, 0.717) is 6.04 Å². The second-order valence-corrected chi connectivity index (χ2v) is 6.49. The molecule has 0 spiro atoms. The average Bonchev–Trinajstić information content (AvgIpc) is 2.62. The first-order chi connectivity index (χ1) is 11.2. The second kappa shape index (κ2) is 9.11. The zero-order valence-electron chi connectivity index (χ0n) is 14.9. The second-order valence-electron chi connectivity index (χ2n) is 6.49. The molecule has 1 unspecified atom stereocenters. The van der Waals surface area contributed by atoms with E-state index >= 15 is 0 Å². The molecule has 0 aromatic rings. The lowest BCUT2D eigenvalue weighted by atomic mass is 9.97. The van der Waals surface area contributed by atoms with Crippen LogP contribution in [-0.2, 0) is 9.53 Å². The summed E-state index contributed by atoms with van der Waals surface area (Å²) >= 11 is 0. The third kappa shape index (κ3) is 4.83. The third-order valence-corrected chi connectivity index (χ3v) is 5.19. The number of likely N-dealkylation sites (N-methyl/N-ethyl adjacent to an activating group) is 1. The number of likely N-dealkylation sites (tertiary alicyclic amines) is 2. The highest BCUT2D eigenvalue weighted by Crippen LogP contribution is 2.19. The number of nitrogens with one attached hydrogen (secondary N) is 1. The highest BCUT2D eigenvalue weighted by Gasteiger charge is 2.27. The molecule has 2 aliphatic rings. The lowest BCUT2D eigenvalue weighted by Gasteiger charge is -2.37. The number of hydrogen-bond donors (Lipinski definition) is 1. The fourth-order valence-corrected chi connectivity index (χ4v) is 3.74. The molecule has 1 atom stereocenters. The summed E-state index contributed by atoms with van der Waals surface area (Å²) in [6, 6.07) is 0.609. The Bertz CT molecular complexity index is 405. The summed E-state index contributed by atoms with van der Waals surface area (Å²) in [5, 5.41) is 3.55. The minimum atomic E-state index is -0.0756. The Kier molecular flexibility index (Phi) is 7.15. The monoisotopic (exact) mass is 324 g/mol. The van der Waals surface area contributed by atoms with Crippen molar-refractivity contribution in [2.75, 3.05) is 46.9 Å². The van der Waals surface area contributed by atoms with Crippen molar-refractivity contribution in [1.29, 1.82) is 0 Å². The van der Waals surface area contributed by atoms with Gasteiger partial charge < -0.3 is 15.0 Å². The van der Waals surface area contributed by atoms with Crippen molar-refractivity contribution >= 4 is 11.9 Å². The van der Waals surface area contributed by atoms with E-state index in [1.54, 1.807) is 0 Å². The quantitative estimate of drug-likeness (QED) is 0.480. The summed E-state index contributed by atoms with van der Waals surface area (Å²) in [7, 11) is 3.31. The molecular formula is C17H32N4O2. The maximum absolute atomic E-state index is 11.6. The zero-order chi connectivity index (χ0) is 16.7. The Balaban J connectivity index is 1.81. The first-order valence-electron chi connectivity index (χ1n) is 8.97. The molecule has 132 valence electrons. The molecule has 0 saturated carbocycles. The molecule has 0 aromatic heterocycles. The van der Waals surface area contributed by atoms with E-state index in [-0.39, 0.29) is 11.9 Å². The summed E-state index contributed by atoms with van der Waals surface area (Å²) in [5.74, 6) is 0.937. The molecule has 1 N–H and O–H groups in total. The van der Waals surface area contributed by atoms with E-state index in [0.717, 1.165) is 45.0 Å². The van der Waals surface area contributed by atoms with Gasteiger partial charge in [-0.1, -0.05) is 13.3 Å². The summed E-state index contributed by atoms with van der Waals surface area (Å²) in [6.45, 7) is 7.26. The van der Waals surface area contributed by atoms with E-state index < -0.39 is 0 Å². The molecule has 2 rings (SSSR count). The van der Waals surface area contributed by atoms with Crippen LogP contribution in [0, 0.1) is 5.92 Å². The maximum Gasteiger partial charge on any atom is 0.308 e. The number of guanidine groups is 1. The minimum absolute atomic E-state index is 0.0447. The fraction of sp³-hybridized carbons (Fsp3) is 0.882. The minimum Gasteiger partial charge on any atom is -0.469 e. The van der Waals surface area contributed by atoms with Crippen molar-refractivity contribution in [3.63, 3.8) is 0 Å². The van der Waals surface area contributed by atoms with Crippen LogP contribution in [0.2, 0.25) is 0 Å². The van der Waals surface area contributed by atoms with Gasteiger partial charge in [-0.25, -0.2) is 0 Å². The van der Waals surface area contributed by atoms with Crippen molar-refractivity contribution in [1.82, 2.24) is 15.1 Å². The van der Waals surface area contributed by atoms with Gasteiger partial charge in [0.25, 0.3) is 0 Å². The highest BCUT2D eigenvalue weighted by molar-refractivity contribution is 5.80. The van der Waals surface area contributed by atoms with Crippen LogP contribution in [0.25, 0.3) is 0 Å². The van der Waals surface area contributed by atoms with Crippen LogP contribution in [-0.4, -0.2) is 74.7 Å². The van der Waals surface area contributed by atoms with Gasteiger partial charge in [-0.05, 0) is 38.8 Å². The lowest BCUT2D eigenvalue weighted by molar-refractivity contribution is -0.146. The van der Waals surface area contributed by atoms with Gasteiger partial charge in [-0.3, -0.25) is 14.7 Å². The Morgan fingerprint density at radius 1 is 1.22 bits per heavy atom. The number of methoxy groups -OCH3 is 1. The van der Waals surface area contributed by atoms with Crippen molar-refractivity contribution < 1.29 is 9.53 Å². The molecular weight excluding hydrogens is 292 g/mol. The highest BCUT2D eigenvalue weighted by atomic mass is 16.5. The number of esters is 1. The number of ether oxygens (including phenoxy) is 1. The van der Waals surface area contributed by atoms with Crippen LogP contribution in [0.15, 0.2) is 4.99 Å². The predicted octanol–water partition coefficient (Wildman–Crippen LogP) is 1.32. The molecule has 6 nitrogen and oxygen atoms in total.